The van der Waals surface area contributed by atoms with E-state index < -0.39 is 0 Å². The standard InChI is InChI=1S/C13H15N/c1-3-5-11-6-4-7-13-12(11)8-10(2)9-14-13/h4,6-9H,3,5H2,1-2H3. The summed E-state index contributed by atoms with van der Waals surface area (Å²) in [6, 6.07) is 8.60. The van der Waals surface area contributed by atoms with E-state index >= 15 is 0 Å². The Morgan fingerprint density at radius 3 is 2.93 bits per heavy atom. The lowest BCUT2D eigenvalue weighted by molar-refractivity contribution is 0.929. The number of nitrogens with zero attached hydrogens (tertiary/aromatic N) is 1. The molecule has 2 rings (SSSR count). The highest BCUT2D eigenvalue weighted by Gasteiger charge is 2.00. The van der Waals surface area contributed by atoms with Gasteiger partial charge >= 0.3 is 0 Å². The molecule has 1 heterocycles. The summed E-state index contributed by atoms with van der Waals surface area (Å²) in [4.78, 5) is 4.42. The summed E-state index contributed by atoms with van der Waals surface area (Å²) in [6.45, 7) is 4.30. The Kier molecular flexibility index (Phi) is 2.49. The van der Waals surface area contributed by atoms with Gasteiger partial charge in [-0.2, -0.15) is 0 Å². The zero-order chi connectivity index (χ0) is 9.97. The van der Waals surface area contributed by atoms with Crippen LogP contribution >= 0.6 is 0 Å². The number of hydrogen-bond acceptors (Lipinski definition) is 1. The molecule has 72 valence electrons. The van der Waals surface area contributed by atoms with Gasteiger partial charge in [-0.3, -0.25) is 4.98 Å². The number of hydrogen-bond donors (Lipinski definition) is 0. The highest BCUT2D eigenvalue weighted by molar-refractivity contribution is 5.82. The molecule has 0 saturated heterocycles. The molecule has 0 fully saturated rings. The fourth-order valence-electron chi connectivity index (χ4n) is 1.80. The van der Waals surface area contributed by atoms with Crippen molar-refractivity contribution in [2.45, 2.75) is 26.7 Å². The third-order valence-corrected chi connectivity index (χ3v) is 2.47. The molecule has 1 aromatic carbocycles. The van der Waals surface area contributed by atoms with Crippen LogP contribution < -0.4 is 0 Å². The van der Waals surface area contributed by atoms with Crippen LogP contribution in [0.4, 0.5) is 0 Å². The lowest BCUT2D eigenvalue weighted by atomic mass is 10.0. The van der Waals surface area contributed by atoms with E-state index in [1.807, 2.05) is 6.20 Å². The molecule has 0 aliphatic heterocycles. The first-order valence-electron chi connectivity index (χ1n) is 5.15. The first kappa shape index (κ1) is 9.20. The minimum absolute atomic E-state index is 1.11. The first-order chi connectivity index (χ1) is 6.81. The average Bonchev–Trinajstić information content (AvgIpc) is 2.19. The number of benzene rings is 1. The molecule has 0 N–H and O–H groups in total. The number of aromatic nitrogens is 1. The van der Waals surface area contributed by atoms with Crippen molar-refractivity contribution in [2.75, 3.05) is 0 Å². The number of rotatable bonds is 2. The van der Waals surface area contributed by atoms with E-state index in [0.29, 0.717) is 0 Å². The highest BCUT2D eigenvalue weighted by Crippen LogP contribution is 2.19. The van der Waals surface area contributed by atoms with Crippen LogP contribution in [0.15, 0.2) is 30.5 Å². The zero-order valence-corrected chi connectivity index (χ0v) is 8.75. The van der Waals surface area contributed by atoms with E-state index in [4.69, 9.17) is 0 Å². The molecule has 0 amide bonds. The summed E-state index contributed by atoms with van der Waals surface area (Å²) in [6.07, 6.45) is 4.26. The second-order valence-corrected chi connectivity index (χ2v) is 3.75. The number of aryl methyl sites for hydroxylation is 2. The summed E-state index contributed by atoms with van der Waals surface area (Å²) >= 11 is 0. The van der Waals surface area contributed by atoms with Crippen LogP contribution in [-0.2, 0) is 6.42 Å². The quantitative estimate of drug-likeness (QED) is 0.697. The molecular weight excluding hydrogens is 170 g/mol. The van der Waals surface area contributed by atoms with E-state index in [-0.39, 0.29) is 0 Å². The van der Waals surface area contributed by atoms with Gasteiger partial charge in [0.25, 0.3) is 0 Å². The van der Waals surface area contributed by atoms with Crippen LogP contribution in [0.25, 0.3) is 10.9 Å². The average molecular weight is 185 g/mol. The van der Waals surface area contributed by atoms with Gasteiger partial charge in [0, 0.05) is 11.6 Å². The monoisotopic (exact) mass is 185 g/mol. The Bertz CT molecular complexity index is 446. The zero-order valence-electron chi connectivity index (χ0n) is 8.75. The predicted molar refractivity (Wildman–Crippen MR) is 60.5 cm³/mol. The van der Waals surface area contributed by atoms with E-state index in [1.165, 1.54) is 22.9 Å². The highest BCUT2D eigenvalue weighted by atomic mass is 14.6. The molecule has 1 aromatic heterocycles. The van der Waals surface area contributed by atoms with Crippen LogP contribution in [0.2, 0.25) is 0 Å². The van der Waals surface area contributed by atoms with Crippen molar-refractivity contribution in [1.29, 1.82) is 0 Å². The maximum Gasteiger partial charge on any atom is 0.0704 e. The Balaban J connectivity index is 2.64. The Hall–Kier alpha value is -1.37. The fourth-order valence-corrected chi connectivity index (χ4v) is 1.80. The Morgan fingerprint density at radius 2 is 2.14 bits per heavy atom. The van der Waals surface area contributed by atoms with Crippen LogP contribution in [0, 0.1) is 6.92 Å². The second-order valence-electron chi connectivity index (χ2n) is 3.75. The van der Waals surface area contributed by atoms with Gasteiger partial charge in [-0.15, -0.1) is 0 Å². The molecule has 1 nitrogen and oxygen atoms in total. The summed E-state index contributed by atoms with van der Waals surface area (Å²) in [5.74, 6) is 0. The molecule has 2 aromatic rings. The maximum absolute atomic E-state index is 4.42. The molecule has 0 aliphatic rings. The number of pyridine rings is 1. The lowest BCUT2D eigenvalue weighted by Gasteiger charge is -2.05. The molecule has 14 heavy (non-hydrogen) atoms. The van der Waals surface area contributed by atoms with Gasteiger partial charge in [-0.05, 0) is 36.6 Å². The minimum atomic E-state index is 1.11. The SMILES string of the molecule is CCCc1cccc2ncc(C)cc12. The normalized spacial score (nSPS) is 10.7. The van der Waals surface area contributed by atoms with Crippen molar-refractivity contribution in [3.05, 3.63) is 41.6 Å². The largest absolute Gasteiger partial charge is 0.256 e. The van der Waals surface area contributed by atoms with Gasteiger partial charge in [-0.1, -0.05) is 25.5 Å². The van der Waals surface area contributed by atoms with Crippen molar-refractivity contribution in [3.8, 4) is 0 Å². The van der Waals surface area contributed by atoms with Crippen molar-refractivity contribution in [1.82, 2.24) is 4.98 Å². The van der Waals surface area contributed by atoms with Crippen LogP contribution in [-0.4, -0.2) is 4.98 Å². The molecule has 1 heteroatoms. The van der Waals surface area contributed by atoms with Gasteiger partial charge in [0.2, 0.25) is 0 Å². The lowest BCUT2D eigenvalue weighted by Crippen LogP contribution is -1.88. The summed E-state index contributed by atoms with van der Waals surface area (Å²) in [7, 11) is 0. The smallest absolute Gasteiger partial charge is 0.0704 e. The van der Waals surface area contributed by atoms with E-state index in [2.05, 4.69) is 43.1 Å². The van der Waals surface area contributed by atoms with Gasteiger partial charge in [0.15, 0.2) is 0 Å². The molecular formula is C13H15N. The molecule has 0 aliphatic carbocycles. The summed E-state index contributed by atoms with van der Waals surface area (Å²) in [5, 5.41) is 1.31. The Labute approximate surface area is 84.8 Å². The van der Waals surface area contributed by atoms with Crippen molar-refractivity contribution in [3.63, 3.8) is 0 Å². The predicted octanol–water partition coefficient (Wildman–Crippen LogP) is 3.50. The van der Waals surface area contributed by atoms with Gasteiger partial charge < -0.3 is 0 Å². The molecule has 0 atom stereocenters. The van der Waals surface area contributed by atoms with Gasteiger partial charge in [0.1, 0.15) is 0 Å². The Morgan fingerprint density at radius 1 is 1.29 bits per heavy atom. The van der Waals surface area contributed by atoms with Crippen LogP contribution in [0.5, 0.6) is 0 Å². The summed E-state index contributed by atoms with van der Waals surface area (Å²) < 4.78 is 0. The van der Waals surface area contributed by atoms with Crippen LogP contribution in [0.3, 0.4) is 0 Å². The van der Waals surface area contributed by atoms with E-state index in [0.717, 1.165) is 11.9 Å². The fraction of sp³-hybridized carbons (Fsp3) is 0.308. The van der Waals surface area contributed by atoms with Crippen molar-refractivity contribution >= 4 is 10.9 Å². The molecule has 0 radical (unpaired) electrons. The molecule has 0 unspecified atom stereocenters. The molecule has 0 saturated carbocycles. The first-order valence-corrected chi connectivity index (χ1v) is 5.15. The molecule has 0 bridgehead atoms. The van der Waals surface area contributed by atoms with E-state index in [9.17, 15) is 0 Å². The van der Waals surface area contributed by atoms with E-state index in [1.54, 1.807) is 0 Å². The maximum atomic E-state index is 4.42. The van der Waals surface area contributed by atoms with Gasteiger partial charge in [0.05, 0.1) is 5.52 Å². The topological polar surface area (TPSA) is 12.9 Å². The van der Waals surface area contributed by atoms with Gasteiger partial charge in [-0.25, -0.2) is 0 Å². The number of fused-ring (bicyclic) bond motifs is 1. The molecule has 0 spiro atoms. The van der Waals surface area contributed by atoms with Crippen molar-refractivity contribution < 1.29 is 0 Å². The van der Waals surface area contributed by atoms with Crippen molar-refractivity contribution in [2.24, 2.45) is 0 Å². The van der Waals surface area contributed by atoms with Crippen LogP contribution in [0.1, 0.15) is 24.5 Å². The second kappa shape index (κ2) is 3.79. The third kappa shape index (κ3) is 1.63. The summed E-state index contributed by atoms with van der Waals surface area (Å²) in [5.41, 5.74) is 3.77. The minimum Gasteiger partial charge on any atom is -0.256 e. The third-order valence-electron chi connectivity index (χ3n) is 2.47.